The lowest BCUT2D eigenvalue weighted by molar-refractivity contribution is -0.0314. The fourth-order valence-corrected chi connectivity index (χ4v) is 3.23. The number of nitrogens with zero attached hydrogens (tertiary/aromatic N) is 1. The Kier molecular flexibility index (Phi) is 2.18. The molecule has 1 heterocycles. The maximum Gasteiger partial charge on any atom is 0.213 e. The molecule has 1 fully saturated rings. The summed E-state index contributed by atoms with van der Waals surface area (Å²) in [5.74, 6) is 1.26. The number of pyridine rings is 1. The van der Waals surface area contributed by atoms with Crippen LogP contribution in [0.1, 0.15) is 36.9 Å². The molecule has 1 aromatic heterocycles. The zero-order valence-electron chi connectivity index (χ0n) is 9.57. The third-order valence-corrected chi connectivity index (χ3v) is 3.97. The number of ether oxygens (including phenoxy) is 1. The first kappa shape index (κ1) is 10.1. The number of aromatic nitrogens is 1. The molecule has 1 aromatic rings. The van der Waals surface area contributed by atoms with Gasteiger partial charge in [-0.15, -0.1) is 0 Å². The van der Waals surface area contributed by atoms with Gasteiger partial charge in [-0.05, 0) is 44.1 Å². The minimum absolute atomic E-state index is 0.603. The van der Waals surface area contributed by atoms with E-state index in [1.807, 2.05) is 12.1 Å². The van der Waals surface area contributed by atoms with Gasteiger partial charge in [-0.1, -0.05) is 0 Å². The molecule has 0 radical (unpaired) electrons. The van der Waals surface area contributed by atoms with Gasteiger partial charge in [-0.25, -0.2) is 4.98 Å². The van der Waals surface area contributed by atoms with Crippen LogP contribution < -0.4 is 4.74 Å². The topological polar surface area (TPSA) is 42.4 Å². The number of fused-ring (bicyclic) bond motifs is 4. The Labute approximate surface area is 95.5 Å². The Morgan fingerprint density at radius 2 is 2.38 bits per heavy atom. The largest absolute Gasteiger partial charge is 0.481 e. The van der Waals surface area contributed by atoms with Crippen LogP contribution >= 0.6 is 0 Å². The van der Waals surface area contributed by atoms with Crippen LogP contribution in [0.5, 0.6) is 5.88 Å². The van der Waals surface area contributed by atoms with Crippen molar-refractivity contribution in [2.24, 2.45) is 5.92 Å². The van der Waals surface area contributed by atoms with Crippen molar-refractivity contribution in [3.05, 3.63) is 23.4 Å². The van der Waals surface area contributed by atoms with E-state index >= 15 is 0 Å². The van der Waals surface area contributed by atoms with E-state index in [4.69, 9.17) is 4.74 Å². The standard InChI is InChI=1S/C13H17NO2/c1-16-12-5-4-10-11(14-12)7-9-3-2-6-13(10,15)8-9/h4-5,9,15H,2-3,6-8H2,1H3/t9-,13+/m0/s1. The van der Waals surface area contributed by atoms with Gasteiger partial charge >= 0.3 is 0 Å². The molecule has 1 saturated carbocycles. The Balaban J connectivity index is 2.08. The van der Waals surface area contributed by atoms with Gasteiger partial charge in [0.2, 0.25) is 5.88 Å². The van der Waals surface area contributed by atoms with Crippen LogP contribution in [0.3, 0.4) is 0 Å². The van der Waals surface area contributed by atoms with Crippen LogP contribution in [0.25, 0.3) is 0 Å². The molecule has 3 heteroatoms. The summed E-state index contributed by atoms with van der Waals surface area (Å²) < 4.78 is 5.14. The van der Waals surface area contributed by atoms with Crippen molar-refractivity contribution < 1.29 is 9.84 Å². The molecule has 2 aliphatic rings. The maximum atomic E-state index is 10.6. The number of hydrogen-bond donors (Lipinski definition) is 1. The fraction of sp³-hybridized carbons (Fsp3) is 0.615. The van der Waals surface area contributed by atoms with E-state index in [0.717, 1.165) is 36.9 Å². The van der Waals surface area contributed by atoms with Gasteiger partial charge in [-0.3, -0.25) is 0 Å². The van der Waals surface area contributed by atoms with Gasteiger partial charge in [0.1, 0.15) is 0 Å². The van der Waals surface area contributed by atoms with Crippen molar-refractivity contribution in [3.63, 3.8) is 0 Å². The smallest absolute Gasteiger partial charge is 0.213 e. The van der Waals surface area contributed by atoms with Gasteiger partial charge in [0.25, 0.3) is 0 Å². The molecule has 0 aromatic carbocycles. The first-order valence-corrected chi connectivity index (χ1v) is 5.98. The molecular formula is C13H17NO2. The summed E-state index contributed by atoms with van der Waals surface area (Å²) in [6, 6.07) is 3.84. The predicted octanol–water partition coefficient (Wildman–Crippen LogP) is 2.02. The second-order valence-electron chi connectivity index (χ2n) is 5.05. The Bertz CT molecular complexity index is 418. The highest BCUT2D eigenvalue weighted by atomic mass is 16.5. The van der Waals surface area contributed by atoms with Crippen molar-refractivity contribution in [2.45, 2.75) is 37.7 Å². The van der Waals surface area contributed by atoms with Crippen LogP contribution in [0.15, 0.2) is 12.1 Å². The quantitative estimate of drug-likeness (QED) is 0.785. The molecule has 1 N–H and O–H groups in total. The van der Waals surface area contributed by atoms with Crippen molar-refractivity contribution in [1.82, 2.24) is 4.98 Å². The highest BCUT2D eigenvalue weighted by Gasteiger charge is 2.42. The molecule has 16 heavy (non-hydrogen) atoms. The van der Waals surface area contributed by atoms with Gasteiger partial charge in [0.05, 0.1) is 18.4 Å². The predicted molar refractivity (Wildman–Crippen MR) is 60.3 cm³/mol. The molecule has 0 spiro atoms. The molecule has 2 aliphatic carbocycles. The van der Waals surface area contributed by atoms with E-state index in [2.05, 4.69) is 4.98 Å². The van der Waals surface area contributed by atoms with Crippen LogP contribution in [0, 0.1) is 5.92 Å². The van der Waals surface area contributed by atoms with Gasteiger partial charge in [-0.2, -0.15) is 0 Å². The van der Waals surface area contributed by atoms with Crippen molar-refractivity contribution in [2.75, 3.05) is 7.11 Å². The summed E-state index contributed by atoms with van der Waals surface area (Å²) in [7, 11) is 1.63. The first-order valence-electron chi connectivity index (χ1n) is 5.98. The van der Waals surface area contributed by atoms with Crippen LogP contribution in [-0.2, 0) is 12.0 Å². The molecule has 3 nitrogen and oxygen atoms in total. The second-order valence-corrected chi connectivity index (χ2v) is 5.05. The fourth-order valence-electron chi connectivity index (χ4n) is 3.23. The van der Waals surface area contributed by atoms with E-state index in [1.54, 1.807) is 7.11 Å². The molecule has 86 valence electrons. The number of aliphatic hydroxyl groups is 1. The second kappa shape index (κ2) is 3.45. The summed E-state index contributed by atoms with van der Waals surface area (Å²) in [5, 5.41) is 10.6. The molecule has 0 saturated heterocycles. The summed E-state index contributed by atoms with van der Waals surface area (Å²) in [6.45, 7) is 0. The SMILES string of the molecule is COc1ccc2c(n1)C[C@@H]1CCC[C@@]2(O)C1. The lowest BCUT2D eigenvalue weighted by atomic mass is 9.68. The average molecular weight is 219 g/mol. The summed E-state index contributed by atoms with van der Waals surface area (Å²) >= 11 is 0. The van der Waals surface area contributed by atoms with E-state index < -0.39 is 5.60 Å². The highest BCUT2D eigenvalue weighted by molar-refractivity contribution is 5.34. The zero-order chi connectivity index (χ0) is 11.2. The zero-order valence-corrected chi connectivity index (χ0v) is 9.57. The minimum Gasteiger partial charge on any atom is -0.481 e. The van der Waals surface area contributed by atoms with Gasteiger partial charge in [0.15, 0.2) is 0 Å². The van der Waals surface area contributed by atoms with Crippen molar-refractivity contribution in [1.29, 1.82) is 0 Å². The molecule has 0 amide bonds. The van der Waals surface area contributed by atoms with E-state index in [9.17, 15) is 5.11 Å². The Morgan fingerprint density at radius 1 is 1.50 bits per heavy atom. The van der Waals surface area contributed by atoms with Crippen LogP contribution in [0.4, 0.5) is 0 Å². The lowest BCUT2D eigenvalue weighted by Crippen LogP contribution is -2.38. The molecular weight excluding hydrogens is 202 g/mol. The van der Waals surface area contributed by atoms with Crippen LogP contribution in [0.2, 0.25) is 0 Å². The van der Waals surface area contributed by atoms with Gasteiger partial charge in [0, 0.05) is 11.6 Å². The maximum absolute atomic E-state index is 10.6. The third kappa shape index (κ3) is 1.42. The average Bonchev–Trinajstić information content (AvgIpc) is 2.28. The Hall–Kier alpha value is -1.09. The summed E-state index contributed by atoms with van der Waals surface area (Å²) in [5.41, 5.74) is 1.46. The first-order chi connectivity index (χ1) is 7.71. The van der Waals surface area contributed by atoms with Crippen molar-refractivity contribution in [3.8, 4) is 5.88 Å². The van der Waals surface area contributed by atoms with E-state index in [-0.39, 0.29) is 0 Å². The number of rotatable bonds is 1. The van der Waals surface area contributed by atoms with Gasteiger partial charge < -0.3 is 9.84 Å². The normalized spacial score (nSPS) is 32.0. The van der Waals surface area contributed by atoms with Crippen molar-refractivity contribution >= 4 is 0 Å². The molecule has 3 rings (SSSR count). The number of hydrogen-bond acceptors (Lipinski definition) is 3. The van der Waals surface area contributed by atoms with E-state index in [1.165, 1.54) is 6.42 Å². The lowest BCUT2D eigenvalue weighted by Gasteiger charge is -2.42. The monoisotopic (exact) mass is 219 g/mol. The van der Waals surface area contributed by atoms with Crippen LogP contribution in [-0.4, -0.2) is 17.2 Å². The molecule has 2 bridgehead atoms. The summed E-state index contributed by atoms with van der Waals surface area (Å²) in [4.78, 5) is 4.48. The molecule has 0 aliphatic heterocycles. The molecule has 2 atom stereocenters. The van der Waals surface area contributed by atoms with E-state index in [0.29, 0.717) is 11.8 Å². The Morgan fingerprint density at radius 3 is 3.19 bits per heavy atom. The third-order valence-electron chi connectivity index (χ3n) is 3.97. The highest BCUT2D eigenvalue weighted by Crippen LogP contribution is 2.46. The number of methoxy groups -OCH3 is 1. The summed E-state index contributed by atoms with van der Waals surface area (Å²) in [6.07, 6.45) is 5.14. The minimum atomic E-state index is -0.615. The molecule has 0 unspecified atom stereocenters.